The second-order valence-electron chi connectivity index (χ2n) is 3.71. The molecule has 1 N–H and O–H groups in total. The number of methoxy groups -OCH3 is 3. The second kappa shape index (κ2) is 6.98. The van der Waals surface area contributed by atoms with E-state index < -0.39 is 0 Å². The predicted molar refractivity (Wildman–Crippen MR) is 68.5 cm³/mol. The normalized spacial score (nSPS) is 10.2. The van der Waals surface area contributed by atoms with Crippen LogP contribution in [0.1, 0.15) is 15.9 Å². The Morgan fingerprint density at radius 3 is 2.44 bits per heavy atom. The Balaban J connectivity index is 3.27. The SMILES string of the molecule is CNCC(=O)c1ccc(OC)c(COC)c1OC. The molecule has 0 saturated carbocycles. The first kappa shape index (κ1) is 14.5. The highest BCUT2D eigenvalue weighted by Gasteiger charge is 2.19. The van der Waals surface area contributed by atoms with Gasteiger partial charge in [-0.2, -0.15) is 0 Å². The van der Waals surface area contributed by atoms with Crippen molar-refractivity contribution in [2.45, 2.75) is 6.61 Å². The minimum atomic E-state index is -0.0330. The van der Waals surface area contributed by atoms with Gasteiger partial charge >= 0.3 is 0 Å². The van der Waals surface area contributed by atoms with E-state index in [0.717, 1.165) is 5.56 Å². The molecule has 0 fully saturated rings. The van der Waals surface area contributed by atoms with Crippen molar-refractivity contribution in [3.63, 3.8) is 0 Å². The van der Waals surface area contributed by atoms with Crippen molar-refractivity contribution in [3.05, 3.63) is 23.3 Å². The van der Waals surface area contributed by atoms with Crippen LogP contribution < -0.4 is 14.8 Å². The number of benzene rings is 1. The Hall–Kier alpha value is -1.59. The van der Waals surface area contributed by atoms with E-state index in [4.69, 9.17) is 14.2 Å². The van der Waals surface area contributed by atoms with Crippen molar-refractivity contribution in [2.24, 2.45) is 0 Å². The first-order chi connectivity index (χ1) is 8.69. The molecule has 0 amide bonds. The van der Waals surface area contributed by atoms with Crippen LogP contribution in [0.5, 0.6) is 11.5 Å². The maximum absolute atomic E-state index is 12.0. The van der Waals surface area contributed by atoms with E-state index in [-0.39, 0.29) is 12.3 Å². The highest BCUT2D eigenvalue weighted by atomic mass is 16.5. The summed E-state index contributed by atoms with van der Waals surface area (Å²) in [4.78, 5) is 12.0. The first-order valence-electron chi connectivity index (χ1n) is 5.60. The average Bonchev–Trinajstić information content (AvgIpc) is 2.38. The first-order valence-corrected chi connectivity index (χ1v) is 5.60. The van der Waals surface area contributed by atoms with Gasteiger partial charge in [-0.1, -0.05) is 0 Å². The van der Waals surface area contributed by atoms with E-state index in [9.17, 15) is 4.79 Å². The Morgan fingerprint density at radius 2 is 1.94 bits per heavy atom. The molecule has 0 aromatic heterocycles. The smallest absolute Gasteiger partial charge is 0.180 e. The highest BCUT2D eigenvalue weighted by Crippen LogP contribution is 2.33. The van der Waals surface area contributed by atoms with E-state index in [0.29, 0.717) is 23.7 Å². The average molecular weight is 253 g/mol. The number of hydrogen-bond donors (Lipinski definition) is 1. The molecule has 0 aliphatic rings. The third kappa shape index (κ3) is 3.00. The summed E-state index contributed by atoms with van der Waals surface area (Å²) >= 11 is 0. The number of ketones is 1. The lowest BCUT2D eigenvalue weighted by Crippen LogP contribution is -2.19. The van der Waals surface area contributed by atoms with Gasteiger partial charge in [0.25, 0.3) is 0 Å². The fourth-order valence-electron chi connectivity index (χ4n) is 1.79. The summed E-state index contributed by atoms with van der Waals surface area (Å²) in [5.41, 5.74) is 1.27. The van der Waals surface area contributed by atoms with Crippen molar-refractivity contribution >= 4 is 5.78 Å². The Morgan fingerprint density at radius 1 is 1.22 bits per heavy atom. The van der Waals surface area contributed by atoms with Gasteiger partial charge in [0, 0.05) is 7.11 Å². The van der Waals surface area contributed by atoms with Gasteiger partial charge in [-0.05, 0) is 19.2 Å². The molecule has 1 aromatic rings. The van der Waals surface area contributed by atoms with Gasteiger partial charge in [0.05, 0.1) is 38.5 Å². The maximum atomic E-state index is 12.0. The van der Waals surface area contributed by atoms with Crippen LogP contribution in [0, 0.1) is 0 Å². The maximum Gasteiger partial charge on any atom is 0.180 e. The topological polar surface area (TPSA) is 56.8 Å². The number of ether oxygens (including phenoxy) is 3. The van der Waals surface area contributed by atoms with Gasteiger partial charge in [0.2, 0.25) is 0 Å². The van der Waals surface area contributed by atoms with Crippen LogP contribution in [0.15, 0.2) is 12.1 Å². The summed E-state index contributed by atoms with van der Waals surface area (Å²) in [5, 5.41) is 2.83. The summed E-state index contributed by atoms with van der Waals surface area (Å²) in [6, 6.07) is 3.45. The summed E-state index contributed by atoms with van der Waals surface area (Å²) in [7, 11) is 6.41. The van der Waals surface area contributed by atoms with Crippen molar-refractivity contribution in [1.82, 2.24) is 5.32 Å². The van der Waals surface area contributed by atoms with Crippen LogP contribution >= 0.6 is 0 Å². The van der Waals surface area contributed by atoms with Crippen LogP contribution in [-0.2, 0) is 11.3 Å². The zero-order valence-corrected chi connectivity index (χ0v) is 11.2. The summed E-state index contributed by atoms with van der Waals surface area (Å²) in [6.07, 6.45) is 0. The van der Waals surface area contributed by atoms with Crippen molar-refractivity contribution in [2.75, 3.05) is 34.9 Å². The minimum Gasteiger partial charge on any atom is -0.496 e. The summed E-state index contributed by atoms with van der Waals surface area (Å²) < 4.78 is 15.7. The second-order valence-corrected chi connectivity index (χ2v) is 3.71. The number of carbonyl (C=O) groups is 1. The molecule has 0 aliphatic heterocycles. The lowest BCUT2D eigenvalue weighted by Gasteiger charge is -2.15. The fraction of sp³-hybridized carbons (Fsp3) is 0.462. The predicted octanol–water partition coefficient (Wildman–Crippen LogP) is 1.25. The molecule has 0 heterocycles. The van der Waals surface area contributed by atoms with Gasteiger partial charge < -0.3 is 19.5 Å². The van der Waals surface area contributed by atoms with E-state index in [1.165, 1.54) is 7.11 Å². The number of carbonyl (C=O) groups excluding carboxylic acids is 1. The third-order valence-corrected chi connectivity index (χ3v) is 2.57. The summed E-state index contributed by atoms with van der Waals surface area (Å²) in [6.45, 7) is 0.585. The standard InChI is InChI=1S/C13H19NO4/c1-14-7-11(15)9-5-6-12(17-3)10(8-16-2)13(9)18-4/h5-6,14H,7-8H2,1-4H3. The summed E-state index contributed by atoms with van der Waals surface area (Å²) in [5.74, 6) is 1.13. The molecule has 100 valence electrons. The zero-order chi connectivity index (χ0) is 13.5. The Bertz CT molecular complexity index is 418. The Labute approximate surface area is 107 Å². The minimum absolute atomic E-state index is 0.0330. The van der Waals surface area contributed by atoms with Crippen LogP contribution in [0.3, 0.4) is 0 Å². The molecule has 1 rings (SSSR count). The van der Waals surface area contributed by atoms with E-state index >= 15 is 0 Å². The third-order valence-electron chi connectivity index (χ3n) is 2.57. The molecule has 5 heteroatoms. The lowest BCUT2D eigenvalue weighted by molar-refractivity contribution is 0.0990. The molecule has 5 nitrogen and oxygen atoms in total. The quantitative estimate of drug-likeness (QED) is 0.741. The molecular formula is C13H19NO4. The molecule has 0 spiro atoms. The Kier molecular flexibility index (Phi) is 5.61. The van der Waals surface area contributed by atoms with Gasteiger partial charge in [0.15, 0.2) is 5.78 Å². The fourth-order valence-corrected chi connectivity index (χ4v) is 1.79. The lowest BCUT2D eigenvalue weighted by atomic mass is 10.0. The van der Waals surface area contributed by atoms with Crippen LogP contribution in [0.4, 0.5) is 0 Å². The molecular weight excluding hydrogens is 234 g/mol. The number of hydrogen-bond acceptors (Lipinski definition) is 5. The van der Waals surface area contributed by atoms with Crippen molar-refractivity contribution < 1.29 is 19.0 Å². The van der Waals surface area contributed by atoms with Gasteiger partial charge in [-0.3, -0.25) is 4.79 Å². The largest absolute Gasteiger partial charge is 0.496 e. The number of Topliss-reactive ketones (excluding diaryl/α,β-unsaturated/α-hetero) is 1. The molecule has 0 saturated heterocycles. The molecule has 0 atom stereocenters. The van der Waals surface area contributed by atoms with Crippen LogP contribution in [0.25, 0.3) is 0 Å². The molecule has 0 aliphatic carbocycles. The van der Waals surface area contributed by atoms with E-state index in [2.05, 4.69) is 5.32 Å². The molecule has 0 bridgehead atoms. The molecule has 0 radical (unpaired) electrons. The zero-order valence-electron chi connectivity index (χ0n) is 11.2. The van der Waals surface area contributed by atoms with Gasteiger partial charge in [0.1, 0.15) is 11.5 Å². The van der Waals surface area contributed by atoms with Gasteiger partial charge in [-0.15, -0.1) is 0 Å². The number of rotatable bonds is 7. The van der Waals surface area contributed by atoms with Crippen LogP contribution in [-0.4, -0.2) is 40.7 Å². The number of nitrogens with one attached hydrogen (secondary N) is 1. The monoisotopic (exact) mass is 253 g/mol. The van der Waals surface area contributed by atoms with E-state index in [1.54, 1.807) is 33.4 Å². The molecule has 18 heavy (non-hydrogen) atoms. The van der Waals surface area contributed by atoms with E-state index in [1.807, 2.05) is 0 Å². The van der Waals surface area contributed by atoms with Gasteiger partial charge in [-0.25, -0.2) is 0 Å². The van der Waals surface area contributed by atoms with Crippen LogP contribution in [0.2, 0.25) is 0 Å². The molecule has 0 unspecified atom stereocenters. The molecule has 1 aromatic carbocycles. The number of likely N-dealkylation sites (N-methyl/N-ethyl adjacent to an activating group) is 1. The van der Waals surface area contributed by atoms with Crippen molar-refractivity contribution in [1.29, 1.82) is 0 Å². The van der Waals surface area contributed by atoms with Crippen molar-refractivity contribution in [3.8, 4) is 11.5 Å². The highest BCUT2D eigenvalue weighted by molar-refractivity contribution is 6.00.